The van der Waals surface area contributed by atoms with E-state index in [4.69, 9.17) is 4.74 Å². The molecule has 2 unspecified atom stereocenters. The van der Waals surface area contributed by atoms with Gasteiger partial charge < -0.3 is 20.3 Å². The predicted molar refractivity (Wildman–Crippen MR) is 393 cm³/mol. The Kier molecular flexibility index (Phi) is 77.3. The Labute approximate surface area is 558 Å². The standard InChI is InChI=1S/C83H161NO5/c1-3-5-7-9-11-13-15-17-19-21-41-44-47-51-55-59-63-67-71-75-81(86)80(79-85)84-82(87)76-72-68-64-60-56-52-48-45-42-39-37-35-33-31-29-27-25-23-22-24-26-28-30-32-34-36-38-40-43-46-50-54-58-62-66-70-74-78-89-83(88)77-73-69-65-61-57-53-49-20-18-16-14-12-10-8-6-4-2/h22,24,28,30,80-81,85-86H,3-21,23,25-27,29,31-79H2,1-2H3,(H,84,87)/b24-22-,30-28-. The van der Waals surface area contributed by atoms with Gasteiger partial charge in [0.25, 0.3) is 0 Å². The lowest BCUT2D eigenvalue weighted by molar-refractivity contribution is -0.143. The number of rotatable bonds is 78. The summed E-state index contributed by atoms with van der Waals surface area (Å²) in [5, 5.41) is 23.4. The van der Waals surface area contributed by atoms with Gasteiger partial charge in [0, 0.05) is 12.8 Å². The quantitative estimate of drug-likeness (QED) is 0.0320. The Bertz CT molecular complexity index is 1400. The molecule has 3 N–H and O–H groups in total. The third kappa shape index (κ3) is 75.3. The maximum atomic E-state index is 12.6. The lowest BCUT2D eigenvalue weighted by Crippen LogP contribution is -2.45. The Hall–Kier alpha value is -1.66. The summed E-state index contributed by atoms with van der Waals surface area (Å²) in [4.78, 5) is 24.7. The summed E-state index contributed by atoms with van der Waals surface area (Å²) < 4.78 is 5.51. The Morgan fingerprint density at radius 1 is 0.315 bits per heavy atom. The number of nitrogens with one attached hydrogen (secondary N) is 1. The molecule has 0 aliphatic heterocycles. The molecule has 0 aromatic rings. The number of hydrogen-bond donors (Lipinski definition) is 3. The van der Waals surface area contributed by atoms with Crippen LogP contribution in [-0.4, -0.2) is 47.4 Å². The zero-order valence-electron chi connectivity index (χ0n) is 60.7. The Morgan fingerprint density at radius 3 is 0.854 bits per heavy atom. The van der Waals surface area contributed by atoms with Gasteiger partial charge in [-0.1, -0.05) is 423 Å². The van der Waals surface area contributed by atoms with Crippen LogP contribution in [0.2, 0.25) is 0 Å². The van der Waals surface area contributed by atoms with Gasteiger partial charge in [-0.05, 0) is 57.8 Å². The molecule has 89 heavy (non-hydrogen) atoms. The number of amides is 1. The zero-order chi connectivity index (χ0) is 64.2. The molecule has 528 valence electrons. The van der Waals surface area contributed by atoms with Crippen LogP contribution in [0.5, 0.6) is 0 Å². The van der Waals surface area contributed by atoms with Crippen molar-refractivity contribution < 1.29 is 24.5 Å². The molecule has 0 saturated carbocycles. The van der Waals surface area contributed by atoms with Crippen molar-refractivity contribution in [1.82, 2.24) is 5.32 Å². The first-order valence-electron chi connectivity index (χ1n) is 41.1. The third-order valence-corrected chi connectivity index (χ3v) is 19.5. The van der Waals surface area contributed by atoms with E-state index in [1.54, 1.807) is 0 Å². The summed E-state index contributed by atoms with van der Waals surface area (Å²) in [5.74, 6) is -0.00394. The second kappa shape index (κ2) is 78.8. The second-order valence-electron chi connectivity index (χ2n) is 28.5. The molecule has 0 aromatic heterocycles. The van der Waals surface area contributed by atoms with E-state index in [2.05, 4.69) is 43.5 Å². The van der Waals surface area contributed by atoms with Gasteiger partial charge in [0.05, 0.1) is 25.4 Å². The molecule has 2 atom stereocenters. The summed E-state index contributed by atoms with van der Waals surface area (Å²) in [6.07, 6.45) is 101. The first-order valence-corrected chi connectivity index (χ1v) is 41.1. The van der Waals surface area contributed by atoms with Gasteiger partial charge in [0.2, 0.25) is 5.91 Å². The summed E-state index contributed by atoms with van der Waals surface area (Å²) in [7, 11) is 0. The molecule has 0 aromatic carbocycles. The van der Waals surface area contributed by atoms with E-state index in [-0.39, 0.29) is 18.5 Å². The lowest BCUT2D eigenvalue weighted by atomic mass is 10.0. The highest BCUT2D eigenvalue weighted by Crippen LogP contribution is 2.20. The molecule has 0 aliphatic carbocycles. The van der Waals surface area contributed by atoms with Gasteiger partial charge in [-0.25, -0.2) is 0 Å². The van der Waals surface area contributed by atoms with E-state index in [1.165, 1.54) is 392 Å². The number of allylic oxidation sites excluding steroid dienone is 4. The number of carbonyl (C=O) groups is 2. The molecule has 1 amide bonds. The van der Waals surface area contributed by atoms with Gasteiger partial charge in [-0.2, -0.15) is 0 Å². The highest BCUT2D eigenvalue weighted by atomic mass is 16.5. The van der Waals surface area contributed by atoms with Gasteiger partial charge in [-0.15, -0.1) is 0 Å². The number of unbranched alkanes of at least 4 members (excludes halogenated alkanes) is 63. The van der Waals surface area contributed by atoms with E-state index in [9.17, 15) is 19.8 Å². The molecule has 0 rings (SSSR count). The van der Waals surface area contributed by atoms with Gasteiger partial charge in [-0.3, -0.25) is 9.59 Å². The van der Waals surface area contributed by atoms with Gasteiger partial charge in [0.1, 0.15) is 0 Å². The Morgan fingerprint density at radius 2 is 0.562 bits per heavy atom. The number of esters is 1. The van der Waals surface area contributed by atoms with Crippen molar-refractivity contribution in [1.29, 1.82) is 0 Å². The van der Waals surface area contributed by atoms with Crippen LogP contribution >= 0.6 is 0 Å². The van der Waals surface area contributed by atoms with Crippen LogP contribution in [0.1, 0.15) is 470 Å². The van der Waals surface area contributed by atoms with E-state index >= 15 is 0 Å². The van der Waals surface area contributed by atoms with Crippen LogP contribution in [0.25, 0.3) is 0 Å². The summed E-state index contributed by atoms with van der Waals surface area (Å²) in [5.41, 5.74) is 0. The Balaban J connectivity index is 3.35. The van der Waals surface area contributed by atoms with Crippen molar-refractivity contribution in [3.8, 4) is 0 Å². The van der Waals surface area contributed by atoms with Crippen LogP contribution in [0.15, 0.2) is 24.3 Å². The lowest BCUT2D eigenvalue weighted by Gasteiger charge is -2.22. The number of ether oxygens (including phenoxy) is 1. The minimum absolute atomic E-state index is 0.0233. The molecule has 0 aliphatic rings. The fourth-order valence-electron chi connectivity index (χ4n) is 13.3. The summed E-state index contributed by atoms with van der Waals surface area (Å²) >= 11 is 0. The van der Waals surface area contributed by atoms with E-state index in [1.807, 2.05) is 0 Å². The van der Waals surface area contributed by atoms with Gasteiger partial charge in [0.15, 0.2) is 0 Å². The molecule has 0 radical (unpaired) electrons. The van der Waals surface area contributed by atoms with Crippen LogP contribution in [0.4, 0.5) is 0 Å². The average Bonchev–Trinajstić information content (AvgIpc) is 3.59. The summed E-state index contributed by atoms with van der Waals surface area (Å²) in [6, 6.07) is -0.540. The SMILES string of the molecule is CCCCCCCCCCCCCCCCCCCCCC(O)C(CO)NC(=O)CCCCCCCCCCCCCCCCCCC/C=C\C/C=C\CCCCCCCCCCCCCCCOC(=O)CCCCCCCCCCCCCCCCCC. The molecule has 0 bridgehead atoms. The monoisotopic (exact) mass is 1250 g/mol. The van der Waals surface area contributed by atoms with Crippen LogP contribution in [0, 0.1) is 0 Å². The van der Waals surface area contributed by atoms with Crippen molar-refractivity contribution in [3.05, 3.63) is 24.3 Å². The van der Waals surface area contributed by atoms with Crippen molar-refractivity contribution in [2.24, 2.45) is 0 Å². The normalized spacial score (nSPS) is 12.5. The number of carbonyl (C=O) groups excluding carboxylic acids is 2. The largest absolute Gasteiger partial charge is 0.466 e. The van der Waals surface area contributed by atoms with Crippen molar-refractivity contribution in [2.45, 2.75) is 482 Å². The second-order valence-corrected chi connectivity index (χ2v) is 28.5. The molecular weight excluding hydrogens is 1090 g/mol. The molecular formula is C83H161NO5. The van der Waals surface area contributed by atoms with Crippen molar-refractivity contribution >= 4 is 11.9 Å². The molecule has 0 spiro atoms. The first kappa shape index (κ1) is 87.3. The van der Waals surface area contributed by atoms with Gasteiger partial charge >= 0.3 is 5.97 Å². The van der Waals surface area contributed by atoms with Crippen LogP contribution in [-0.2, 0) is 14.3 Å². The van der Waals surface area contributed by atoms with Crippen molar-refractivity contribution in [3.63, 3.8) is 0 Å². The smallest absolute Gasteiger partial charge is 0.305 e. The molecule has 6 nitrogen and oxygen atoms in total. The fourth-order valence-corrected chi connectivity index (χ4v) is 13.3. The van der Waals surface area contributed by atoms with E-state index < -0.39 is 12.1 Å². The molecule has 6 heteroatoms. The van der Waals surface area contributed by atoms with Crippen LogP contribution < -0.4 is 5.32 Å². The fraction of sp³-hybridized carbons (Fsp3) is 0.928. The highest BCUT2D eigenvalue weighted by Gasteiger charge is 2.20. The topological polar surface area (TPSA) is 95.9 Å². The predicted octanol–water partition coefficient (Wildman–Crippen LogP) is 27.2. The average molecular weight is 1250 g/mol. The maximum absolute atomic E-state index is 12.6. The number of hydrogen-bond acceptors (Lipinski definition) is 5. The van der Waals surface area contributed by atoms with Crippen molar-refractivity contribution in [2.75, 3.05) is 13.2 Å². The minimum Gasteiger partial charge on any atom is -0.466 e. The molecule has 0 fully saturated rings. The zero-order valence-corrected chi connectivity index (χ0v) is 60.7. The number of aliphatic hydroxyl groups is 2. The molecule has 0 heterocycles. The van der Waals surface area contributed by atoms with E-state index in [0.717, 1.165) is 44.9 Å². The minimum atomic E-state index is -0.663. The molecule has 0 saturated heterocycles. The maximum Gasteiger partial charge on any atom is 0.305 e. The number of aliphatic hydroxyl groups excluding tert-OH is 2. The van der Waals surface area contributed by atoms with E-state index in [0.29, 0.717) is 25.9 Å². The highest BCUT2D eigenvalue weighted by molar-refractivity contribution is 5.76. The summed E-state index contributed by atoms with van der Waals surface area (Å²) in [6.45, 7) is 5.01. The first-order chi connectivity index (χ1) is 44.0. The third-order valence-electron chi connectivity index (χ3n) is 19.5. The van der Waals surface area contributed by atoms with Crippen LogP contribution in [0.3, 0.4) is 0 Å².